The average molecular weight is 440 g/mol. The minimum atomic E-state index is -0.347. The fraction of sp³-hybridized carbons (Fsp3) is 0.440. The van der Waals surface area contributed by atoms with Crippen LogP contribution >= 0.6 is 0 Å². The Morgan fingerprint density at radius 3 is 2.62 bits per heavy atom. The topological polar surface area (TPSA) is 85.6 Å². The Kier molecular flexibility index (Phi) is 9.07. The number of benzene rings is 2. The van der Waals surface area contributed by atoms with Crippen LogP contribution in [0.5, 0.6) is 5.75 Å². The van der Waals surface area contributed by atoms with E-state index in [0.29, 0.717) is 44.5 Å². The molecule has 0 aliphatic heterocycles. The maximum Gasteiger partial charge on any atom is 0.323 e. The van der Waals surface area contributed by atoms with Crippen molar-refractivity contribution in [1.82, 2.24) is 15.6 Å². The average Bonchev–Trinajstić information content (AvgIpc) is 3.20. The van der Waals surface area contributed by atoms with Crippen LogP contribution in [-0.2, 0) is 22.5 Å². The van der Waals surface area contributed by atoms with Crippen LogP contribution in [0, 0.1) is 5.92 Å². The number of nitrogens with zero attached hydrogens (tertiary/aromatic N) is 1. The summed E-state index contributed by atoms with van der Waals surface area (Å²) in [5, 5.41) is 6.59. The molecule has 1 unspecified atom stereocenters. The number of oxazole rings is 1. The van der Waals surface area contributed by atoms with Crippen molar-refractivity contribution in [3.05, 3.63) is 60.0 Å². The van der Waals surface area contributed by atoms with Crippen molar-refractivity contribution in [3.8, 4) is 5.75 Å². The van der Waals surface area contributed by atoms with Crippen LogP contribution in [0.25, 0.3) is 11.1 Å². The third kappa shape index (κ3) is 7.35. The molecule has 7 heteroatoms. The van der Waals surface area contributed by atoms with E-state index in [1.54, 1.807) is 0 Å². The molecule has 0 spiro atoms. The number of carbonyl (C=O) groups excluding carboxylic acids is 1. The number of fused-ring (bicyclic) bond motifs is 1. The number of carbonyl (C=O) groups is 1. The molecule has 0 fully saturated rings. The lowest BCUT2D eigenvalue weighted by atomic mass is 10.0. The van der Waals surface area contributed by atoms with E-state index in [1.165, 1.54) is 0 Å². The van der Waals surface area contributed by atoms with Crippen molar-refractivity contribution in [2.75, 3.05) is 26.3 Å². The van der Waals surface area contributed by atoms with Gasteiger partial charge in [-0.05, 0) is 55.6 Å². The summed E-state index contributed by atoms with van der Waals surface area (Å²) in [6.07, 6.45) is 0.581. The molecule has 172 valence electrons. The highest BCUT2D eigenvalue weighted by atomic mass is 16.5. The Bertz CT molecular complexity index is 936. The van der Waals surface area contributed by atoms with Gasteiger partial charge in [0.1, 0.15) is 23.9 Å². The Labute approximate surface area is 189 Å². The van der Waals surface area contributed by atoms with Gasteiger partial charge in [-0.2, -0.15) is 0 Å². The molecule has 2 aromatic carbocycles. The predicted molar refractivity (Wildman–Crippen MR) is 125 cm³/mol. The Morgan fingerprint density at radius 1 is 1.12 bits per heavy atom. The van der Waals surface area contributed by atoms with E-state index in [2.05, 4.69) is 29.5 Å². The minimum absolute atomic E-state index is 0.210. The second-order valence-electron chi connectivity index (χ2n) is 8.06. The number of rotatable bonds is 13. The number of ether oxygens (including phenoxy) is 2. The van der Waals surface area contributed by atoms with Gasteiger partial charge in [0.25, 0.3) is 0 Å². The molecule has 1 heterocycles. The number of para-hydroxylation sites is 2. The molecule has 0 bridgehead atoms. The van der Waals surface area contributed by atoms with Gasteiger partial charge in [-0.25, -0.2) is 4.98 Å². The summed E-state index contributed by atoms with van der Waals surface area (Å²) in [6, 6.07) is 15.2. The zero-order chi connectivity index (χ0) is 22.8. The first kappa shape index (κ1) is 23.8. The normalized spacial score (nSPS) is 12.2. The van der Waals surface area contributed by atoms with Crippen LogP contribution in [0.15, 0.2) is 52.9 Å². The van der Waals surface area contributed by atoms with Gasteiger partial charge in [-0.3, -0.25) is 4.79 Å². The molecule has 3 aromatic rings. The number of hydrogen-bond acceptors (Lipinski definition) is 7. The summed E-state index contributed by atoms with van der Waals surface area (Å²) >= 11 is 0. The zero-order valence-corrected chi connectivity index (χ0v) is 19.1. The molecule has 7 nitrogen and oxygen atoms in total. The third-order valence-corrected chi connectivity index (χ3v) is 4.87. The number of esters is 1. The molecule has 1 atom stereocenters. The molecule has 0 aliphatic rings. The molecule has 0 saturated carbocycles. The second kappa shape index (κ2) is 12.2. The lowest BCUT2D eigenvalue weighted by Crippen LogP contribution is -2.41. The standard InChI is InChI=1S/C25H33N3O4/c1-4-30-25(29)22(27-16-18(2)3)15-19-9-11-20(12-10-19)31-14-13-26-17-24-28-21-7-5-6-8-23(21)32-24/h5-12,18,22,26-27H,4,13-17H2,1-3H3. The van der Waals surface area contributed by atoms with Gasteiger partial charge in [-0.15, -0.1) is 0 Å². The van der Waals surface area contributed by atoms with Gasteiger partial charge in [0.05, 0.1) is 13.2 Å². The van der Waals surface area contributed by atoms with Crippen molar-refractivity contribution >= 4 is 17.1 Å². The van der Waals surface area contributed by atoms with Crippen molar-refractivity contribution in [2.45, 2.75) is 39.8 Å². The summed E-state index contributed by atoms with van der Waals surface area (Å²) in [5.74, 6) is 1.70. The van der Waals surface area contributed by atoms with Crippen molar-refractivity contribution < 1.29 is 18.7 Å². The van der Waals surface area contributed by atoms with Gasteiger partial charge in [0, 0.05) is 6.54 Å². The van der Waals surface area contributed by atoms with Crippen molar-refractivity contribution in [1.29, 1.82) is 0 Å². The largest absolute Gasteiger partial charge is 0.492 e. The van der Waals surface area contributed by atoms with Gasteiger partial charge in [0.2, 0.25) is 5.89 Å². The molecular weight excluding hydrogens is 406 g/mol. The Hall–Kier alpha value is -2.90. The molecule has 1 aromatic heterocycles. The van der Waals surface area contributed by atoms with Crippen LogP contribution in [-0.4, -0.2) is 43.3 Å². The van der Waals surface area contributed by atoms with E-state index in [1.807, 2.05) is 55.5 Å². The maximum absolute atomic E-state index is 12.3. The van der Waals surface area contributed by atoms with Crippen LogP contribution in [0.4, 0.5) is 0 Å². The van der Waals surface area contributed by atoms with Gasteiger partial charge >= 0.3 is 5.97 Å². The first-order valence-corrected chi connectivity index (χ1v) is 11.2. The lowest BCUT2D eigenvalue weighted by molar-refractivity contribution is -0.145. The van der Waals surface area contributed by atoms with Crippen LogP contribution in [0.1, 0.15) is 32.2 Å². The van der Waals surface area contributed by atoms with E-state index in [-0.39, 0.29) is 12.0 Å². The van der Waals surface area contributed by atoms with Crippen molar-refractivity contribution in [2.24, 2.45) is 5.92 Å². The van der Waals surface area contributed by atoms with E-state index in [9.17, 15) is 4.79 Å². The number of aromatic nitrogens is 1. The lowest BCUT2D eigenvalue weighted by Gasteiger charge is -2.19. The predicted octanol–water partition coefficient (Wildman–Crippen LogP) is 3.72. The second-order valence-corrected chi connectivity index (χ2v) is 8.06. The molecular formula is C25H33N3O4. The number of hydrogen-bond donors (Lipinski definition) is 2. The van der Waals surface area contributed by atoms with E-state index in [4.69, 9.17) is 13.9 Å². The molecule has 2 N–H and O–H groups in total. The van der Waals surface area contributed by atoms with Crippen LogP contribution < -0.4 is 15.4 Å². The van der Waals surface area contributed by atoms with E-state index < -0.39 is 0 Å². The summed E-state index contributed by atoms with van der Waals surface area (Å²) in [7, 11) is 0. The molecule has 0 saturated heterocycles. The third-order valence-electron chi connectivity index (χ3n) is 4.87. The SMILES string of the molecule is CCOC(=O)C(Cc1ccc(OCCNCc2nc3ccccc3o2)cc1)NCC(C)C. The summed E-state index contributed by atoms with van der Waals surface area (Å²) in [5.41, 5.74) is 2.72. The molecule has 32 heavy (non-hydrogen) atoms. The Morgan fingerprint density at radius 2 is 1.91 bits per heavy atom. The molecule has 0 radical (unpaired) electrons. The summed E-state index contributed by atoms with van der Waals surface area (Å²) in [6.45, 7) is 8.95. The molecule has 0 aliphatic carbocycles. The first-order chi connectivity index (χ1) is 15.5. The molecule has 3 rings (SSSR count). The zero-order valence-electron chi connectivity index (χ0n) is 19.1. The van der Waals surface area contributed by atoms with Crippen LogP contribution in [0.3, 0.4) is 0 Å². The highest BCUT2D eigenvalue weighted by Crippen LogP contribution is 2.15. The van der Waals surface area contributed by atoms with Crippen LogP contribution in [0.2, 0.25) is 0 Å². The minimum Gasteiger partial charge on any atom is -0.492 e. The Balaban J connectivity index is 1.41. The van der Waals surface area contributed by atoms with E-state index >= 15 is 0 Å². The smallest absolute Gasteiger partial charge is 0.323 e. The quantitative estimate of drug-likeness (QED) is 0.310. The molecule has 0 amide bonds. The highest BCUT2D eigenvalue weighted by Gasteiger charge is 2.20. The first-order valence-electron chi connectivity index (χ1n) is 11.2. The highest BCUT2D eigenvalue weighted by molar-refractivity contribution is 5.76. The maximum atomic E-state index is 12.3. The summed E-state index contributed by atoms with van der Waals surface area (Å²) < 4.78 is 16.7. The van der Waals surface area contributed by atoms with E-state index in [0.717, 1.165) is 29.0 Å². The fourth-order valence-corrected chi connectivity index (χ4v) is 3.25. The van der Waals surface area contributed by atoms with Gasteiger partial charge in [-0.1, -0.05) is 38.1 Å². The van der Waals surface area contributed by atoms with Crippen molar-refractivity contribution in [3.63, 3.8) is 0 Å². The summed E-state index contributed by atoms with van der Waals surface area (Å²) in [4.78, 5) is 16.7. The van der Waals surface area contributed by atoms with Gasteiger partial charge < -0.3 is 24.5 Å². The monoisotopic (exact) mass is 439 g/mol. The fourth-order valence-electron chi connectivity index (χ4n) is 3.25. The van der Waals surface area contributed by atoms with Gasteiger partial charge in [0.15, 0.2) is 5.58 Å². The number of nitrogens with one attached hydrogen (secondary N) is 2.